The van der Waals surface area contributed by atoms with Gasteiger partial charge in [0.05, 0.1) is 18.1 Å². The highest BCUT2D eigenvalue weighted by atomic mass is 35.5. The minimum absolute atomic E-state index is 0.330. The molecule has 0 unspecified atom stereocenters. The number of hydrogen-bond donors (Lipinski definition) is 3. The van der Waals surface area contributed by atoms with Gasteiger partial charge < -0.3 is 20.0 Å². The lowest BCUT2D eigenvalue weighted by Gasteiger charge is -2.13. The molecule has 0 atom stereocenters. The van der Waals surface area contributed by atoms with Crippen LogP contribution >= 0.6 is 24.2 Å². The fourth-order valence-electron chi connectivity index (χ4n) is 2.00. The monoisotopic (exact) mass is 333 g/mol. The highest BCUT2D eigenvalue weighted by Crippen LogP contribution is 2.33. The summed E-state index contributed by atoms with van der Waals surface area (Å²) < 4.78 is 7.46. The summed E-state index contributed by atoms with van der Waals surface area (Å²) in [7, 11) is 1.79. The maximum absolute atomic E-state index is 7.53. The van der Waals surface area contributed by atoms with E-state index < -0.39 is 0 Å². The number of nitrogens with one attached hydrogen (secondary N) is 2. The van der Waals surface area contributed by atoms with E-state index in [2.05, 4.69) is 27.9 Å². The quantitative estimate of drug-likeness (QED) is 0.458. The van der Waals surface area contributed by atoms with Gasteiger partial charge in [-0.25, -0.2) is 9.97 Å². The van der Waals surface area contributed by atoms with Crippen LogP contribution in [0.3, 0.4) is 0 Å². The molecule has 112 valence electrons. The molecule has 3 rings (SSSR count). The van der Waals surface area contributed by atoms with E-state index in [-0.39, 0.29) is 0 Å². The summed E-state index contributed by atoms with van der Waals surface area (Å²) >= 11 is 10.6. The molecule has 1 aliphatic heterocycles. The number of rotatable bonds is 3. The lowest BCUT2D eigenvalue weighted by atomic mass is 10.3. The molecule has 0 aromatic carbocycles. The van der Waals surface area contributed by atoms with E-state index in [0.717, 1.165) is 6.21 Å². The molecule has 1 aliphatic rings. The van der Waals surface area contributed by atoms with E-state index in [1.54, 1.807) is 23.9 Å². The van der Waals surface area contributed by atoms with Crippen molar-refractivity contribution in [1.82, 2.24) is 19.9 Å². The van der Waals surface area contributed by atoms with Gasteiger partial charge in [-0.15, -0.1) is 12.6 Å². The number of dihydropyridines is 1. The smallest absolute Gasteiger partial charge is 0.180 e. The van der Waals surface area contributed by atoms with Gasteiger partial charge in [-0.2, -0.15) is 0 Å². The number of imidazole rings is 1. The van der Waals surface area contributed by atoms with Gasteiger partial charge >= 0.3 is 0 Å². The van der Waals surface area contributed by atoms with Crippen molar-refractivity contribution in [2.24, 2.45) is 7.05 Å². The lowest BCUT2D eigenvalue weighted by Crippen LogP contribution is -2.12. The largest absolute Gasteiger partial charge is 0.450 e. The summed E-state index contributed by atoms with van der Waals surface area (Å²) in [6.45, 7) is 0. The average molecular weight is 334 g/mol. The Balaban J connectivity index is 2.05. The minimum Gasteiger partial charge on any atom is -0.450 e. The lowest BCUT2D eigenvalue weighted by molar-refractivity contribution is 0.448. The van der Waals surface area contributed by atoms with Crippen molar-refractivity contribution in [2.75, 3.05) is 0 Å². The van der Waals surface area contributed by atoms with E-state index >= 15 is 0 Å². The molecule has 8 heteroatoms. The third-order valence-corrected chi connectivity index (χ3v) is 3.87. The third kappa shape index (κ3) is 2.49. The second-order valence-corrected chi connectivity index (χ2v) is 5.24. The molecular weight excluding hydrogens is 322 g/mol. The molecule has 2 N–H and O–H groups in total. The number of allylic oxidation sites excluding steroid dienone is 4. The molecule has 3 heterocycles. The zero-order valence-electron chi connectivity index (χ0n) is 11.5. The third-order valence-electron chi connectivity index (χ3n) is 3.11. The van der Waals surface area contributed by atoms with E-state index in [4.69, 9.17) is 21.7 Å². The van der Waals surface area contributed by atoms with Crippen LogP contribution in [0, 0.1) is 5.41 Å². The molecule has 6 nitrogen and oxygen atoms in total. The Hall–Kier alpha value is -2.25. The first kappa shape index (κ1) is 14.7. The van der Waals surface area contributed by atoms with Crippen LogP contribution in [0.2, 0.25) is 5.02 Å². The van der Waals surface area contributed by atoms with E-state index in [9.17, 15) is 0 Å². The van der Waals surface area contributed by atoms with Crippen molar-refractivity contribution in [2.45, 2.75) is 5.16 Å². The highest BCUT2D eigenvalue weighted by Gasteiger charge is 2.16. The fraction of sp³-hybridized carbons (Fsp3) is 0.0714. The van der Waals surface area contributed by atoms with Gasteiger partial charge in [-0.05, 0) is 12.2 Å². The first-order chi connectivity index (χ1) is 10.6. The number of nitrogens with zero attached hydrogens (tertiary/aromatic N) is 3. The Labute approximate surface area is 137 Å². The molecule has 0 saturated carbocycles. The van der Waals surface area contributed by atoms with Crippen LogP contribution in [0.1, 0.15) is 0 Å². The Morgan fingerprint density at radius 3 is 3.00 bits per heavy atom. The van der Waals surface area contributed by atoms with E-state index in [0.29, 0.717) is 38.5 Å². The van der Waals surface area contributed by atoms with Crippen LogP contribution in [-0.2, 0) is 7.05 Å². The number of halogens is 1. The molecule has 2 aromatic heterocycles. The number of fused-ring (bicyclic) bond motifs is 1. The Morgan fingerprint density at radius 1 is 1.50 bits per heavy atom. The van der Waals surface area contributed by atoms with Crippen molar-refractivity contribution in [1.29, 1.82) is 5.41 Å². The molecule has 22 heavy (non-hydrogen) atoms. The molecule has 0 spiro atoms. The summed E-state index contributed by atoms with van der Waals surface area (Å²) in [5, 5.41) is 11.4. The summed E-state index contributed by atoms with van der Waals surface area (Å²) in [6, 6.07) is 0. The van der Waals surface area contributed by atoms with Gasteiger partial charge in [0.25, 0.3) is 0 Å². The Kier molecular flexibility index (Phi) is 3.91. The van der Waals surface area contributed by atoms with Gasteiger partial charge in [-0.1, -0.05) is 17.7 Å². The van der Waals surface area contributed by atoms with Gasteiger partial charge in [0.2, 0.25) is 0 Å². The molecule has 0 bridgehead atoms. The van der Waals surface area contributed by atoms with E-state index in [1.807, 2.05) is 12.2 Å². The molecular formula is C14H12ClN5OS. The minimum atomic E-state index is 0.330. The second-order valence-electron chi connectivity index (χ2n) is 4.47. The fourth-order valence-corrected chi connectivity index (χ4v) is 2.49. The Bertz CT molecular complexity index is 853. The average Bonchev–Trinajstić information content (AvgIpc) is 2.83. The maximum atomic E-state index is 7.53. The number of aromatic nitrogens is 3. The molecule has 0 aliphatic carbocycles. The van der Waals surface area contributed by atoms with Gasteiger partial charge in [-0.3, -0.25) is 0 Å². The molecule has 0 fully saturated rings. The normalized spacial score (nSPS) is 15.8. The molecule has 0 saturated heterocycles. The van der Waals surface area contributed by atoms with Crippen LogP contribution < -0.4 is 10.1 Å². The van der Waals surface area contributed by atoms with Crippen molar-refractivity contribution >= 4 is 41.6 Å². The van der Waals surface area contributed by atoms with Crippen LogP contribution in [0.25, 0.3) is 11.2 Å². The summed E-state index contributed by atoms with van der Waals surface area (Å²) in [4.78, 5) is 8.41. The van der Waals surface area contributed by atoms with Crippen molar-refractivity contribution in [3.63, 3.8) is 0 Å². The number of hydrogen-bond acceptors (Lipinski definition) is 6. The number of thiol groups is 1. The highest BCUT2D eigenvalue weighted by molar-refractivity contribution is 7.80. The molecule has 2 aromatic rings. The van der Waals surface area contributed by atoms with Crippen LogP contribution in [-0.4, -0.2) is 20.7 Å². The van der Waals surface area contributed by atoms with E-state index in [1.165, 1.54) is 6.20 Å². The predicted octanol–water partition coefficient (Wildman–Crippen LogP) is 2.82. The number of aryl methyl sites for hydroxylation is 1. The summed E-state index contributed by atoms with van der Waals surface area (Å²) in [5.74, 6) is 0.679. The van der Waals surface area contributed by atoms with Crippen LogP contribution in [0.5, 0.6) is 5.75 Å². The van der Waals surface area contributed by atoms with Crippen molar-refractivity contribution < 1.29 is 4.74 Å². The first-order valence-electron chi connectivity index (χ1n) is 6.34. The summed E-state index contributed by atoms with van der Waals surface area (Å²) in [5.41, 5.74) is 1.78. The van der Waals surface area contributed by atoms with Gasteiger partial charge in [0.15, 0.2) is 22.3 Å². The van der Waals surface area contributed by atoms with Crippen molar-refractivity contribution in [3.8, 4) is 5.75 Å². The van der Waals surface area contributed by atoms with Crippen molar-refractivity contribution in [3.05, 3.63) is 47.1 Å². The standard InChI is InChI=1S/C14H12ClN5OS/c1-20-12-11(15)10(7-18-13(12)19-14(20)22)21-9(6-16)8-4-2-3-5-17-8/h2-7,16-17H,1H3,(H,18,19,22)/b9-8+,16-6?. The molecule has 0 radical (unpaired) electrons. The maximum Gasteiger partial charge on any atom is 0.180 e. The first-order valence-corrected chi connectivity index (χ1v) is 7.16. The zero-order chi connectivity index (χ0) is 15.7. The Morgan fingerprint density at radius 2 is 2.32 bits per heavy atom. The van der Waals surface area contributed by atoms with Crippen LogP contribution in [0.4, 0.5) is 0 Å². The zero-order valence-corrected chi connectivity index (χ0v) is 13.2. The van der Waals surface area contributed by atoms with Crippen LogP contribution in [0.15, 0.2) is 47.2 Å². The number of ether oxygens (including phenoxy) is 1. The van der Waals surface area contributed by atoms with Gasteiger partial charge in [0.1, 0.15) is 10.5 Å². The second kappa shape index (κ2) is 5.86. The number of pyridine rings is 1. The van der Waals surface area contributed by atoms with Gasteiger partial charge in [0, 0.05) is 13.2 Å². The summed E-state index contributed by atoms with van der Waals surface area (Å²) in [6.07, 6.45) is 9.83. The molecule has 0 amide bonds. The SMILES string of the molecule is Cn1c(S)nc2ncc(O/C(C=N)=C3\C=CC=CN3)c(Cl)c21. The topological polar surface area (TPSA) is 75.8 Å². The predicted molar refractivity (Wildman–Crippen MR) is 88.6 cm³/mol.